The molecule has 0 saturated heterocycles. The van der Waals surface area contributed by atoms with Gasteiger partial charge in [0.05, 0.1) is 17.9 Å². The summed E-state index contributed by atoms with van der Waals surface area (Å²) in [6, 6.07) is 16.8. The van der Waals surface area contributed by atoms with Crippen molar-refractivity contribution in [1.29, 1.82) is 0 Å². The van der Waals surface area contributed by atoms with E-state index < -0.39 is 0 Å². The summed E-state index contributed by atoms with van der Waals surface area (Å²) in [7, 11) is 0. The molecular weight excluding hydrogens is 328 g/mol. The topological polar surface area (TPSA) is 77.6 Å². The number of nitrogens with zero attached hydrogens (tertiary/aromatic N) is 5. The Hall–Kier alpha value is -3.74. The van der Waals surface area contributed by atoms with Crippen LogP contribution < -0.4 is 5.32 Å². The highest BCUT2D eigenvalue weighted by Gasteiger charge is 2.10. The Morgan fingerprint density at radius 2 is 1.85 bits per heavy atom. The number of carbonyl (C=O) groups is 1. The van der Waals surface area contributed by atoms with Gasteiger partial charge in [-0.15, -0.1) is 0 Å². The van der Waals surface area contributed by atoms with E-state index in [1.807, 2.05) is 65.5 Å². The molecule has 0 saturated carbocycles. The number of hydrogen-bond acceptors (Lipinski definition) is 4. The number of hydrogen-bond donors (Lipinski definition) is 1. The first kappa shape index (κ1) is 15.8. The molecule has 0 aliphatic rings. The van der Waals surface area contributed by atoms with Crippen molar-refractivity contribution >= 4 is 11.6 Å². The standard InChI is InChI=1S/C19H16N6O/c26-19(16-8-6-15(7-9-16)12-24-11-3-10-21-24)23-17-4-1-2-5-18(17)25-14-20-13-22-25/h1-11,13-14H,12H2,(H,23,26). The molecule has 1 N–H and O–H groups in total. The Balaban J connectivity index is 1.50. The average Bonchev–Trinajstić information content (AvgIpc) is 3.37. The monoisotopic (exact) mass is 344 g/mol. The van der Waals surface area contributed by atoms with E-state index >= 15 is 0 Å². The van der Waals surface area contributed by atoms with E-state index in [9.17, 15) is 4.79 Å². The molecule has 4 rings (SSSR count). The molecule has 7 heteroatoms. The number of rotatable bonds is 5. The van der Waals surface area contributed by atoms with Crippen LogP contribution in [0, 0.1) is 0 Å². The van der Waals surface area contributed by atoms with E-state index in [0.29, 0.717) is 17.8 Å². The van der Waals surface area contributed by atoms with Crippen LogP contribution in [0.15, 0.2) is 79.6 Å². The summed E-state index contributed by atoms with van der Waals surface area (Å²) in [5, 5.41) is 11.2. The molecule has 26 heavy (non-hydrogen) atoms. The fraction of sp³-hybridized carbons (Fsp3) is 0.0526. The van der Waals surface area contributed by atoms with E-state index in [1.54, 1.807) is 17.2 Å². The lowest BCUT2D eigenvalue weighted by Gasteiger charge is -2.11. The molecule has 7 nitrogen and oxygen atoms in total. The number of aromatic nitrogens is 5. The number of anilines is 1. The quantitative estimate of drug-likeness (QED) is 0.604. The minimum absolute atomic E-state index is 0.178. The van der Waals surface area contributed by atoms with Crippen molar-refractivity contribution in [1.82, 2.24) is 24.5 Å². The van der Waals surface area contributed by atoms with Crippen LogP contribution in [0.1, 0.15) is 15.9 Å². The second-order valence-electron chi connectivity index (χ2n) is 5.71. The fourth-order valence-corrected chi connectivity index (χ4v) is 2.65. The van der Waals surface area contributed by atoms with E-state index in [-0.39, 0.29) is 5.91 Å². The molecule has 4 aromatic rings. The Kier molecular flexibility index (Phi) is 4.26. The van der Waals surface area contributed by atoms with Gasteiger partial charge in [-0.2, -0.15) is 10.2 Å². The van der Waals surface area contributed by atoms with Crippen LogP contribution in [0.3, 0.4) is 0 Å². The highest BCUT2D eigenvalue weighted by atomic mass is 16.1. The van der Waals surface area contributed by atoms with Gasteiger partial charge < -0.3 is 5.32 Å². The van der Waals surface area contributed by atoms with Crippen LogP contribution in [0.4, 0.5) is 5.69 Å². The van der Waals surface area contributed by atoms with Gasteiger partial charge in [0.2, 0.25) is 0 Å². The third-order valence-corrected chi connectivity index (χ3v) is 3.94. The third-order valence-electron chi connectivity index (χ3n) is 3.94. The van der Waals surface area contributed by atoms with Gasteiger partial charge in [0.1, 0.15) is 12.7 Å². The summed E-state index contributed by atoms with van der Waals surface area (Å²) < 4.78 is 3.45. The molecule has 1 amide bonds. The Morgan fingerprint density at radius 1 is 1.00 bits per heavy atom. The maximum absolute atomic E-state index is 12.6. The van der Waals surface area contributed by atoms with Gasteiger partial charge in [-0.1, -0.05) is 24.3 Å². The summed E-state index contributed by atoms with van der Waals surface area (Å²) in [6.45, 7) is 0.671. The van der Waals surface area contributed by atoms with Gasteiger partial charge >= 0.3 is 0 Å². The largest absolute Gasteiger partial charge is 0.320 e. The molecule has 0 aliphatic carbocycles. The first-order valence-electron chi connectivity index (χ1n) is 8.11. The van der Waals surface area contributed by atoms with Crippen LogP contribution in [0.5, 0.6) is 0 Å². The Labute approximate surface area is 149 Å². The van der Waals surface area contributed by atoms with Crippen molar-refractivity contribution in [2.24, 2.45) is 0 Å². The summed E-state index contributed by atoms with van der Waals surface area (Å²) in [5.74, 6) is -0.178. The van der Waals surface area contributed by atoms with Gasteiger partial charge in [-0.25, -0.2) is 9.67 Å². The zero-order chi connectivity index (χ0) is 17.8. The molecule has 0 unspecified atom stereocenters. The molecule has 2 aromatic carbocycles. The van der Waals surface area contributed by atoms with Crippen molar-refractivity contribution in [3.63, 3.8) is 0 Å². The lowest BCUT2D eigenvalue weighted by Crippen LogP contribution is -2.14. The molecule has 2 aromatic heterocycles. The number of para-hydroxylation sites is 2. The van der Waals surface area contributed by atoms with Crippen LogP contribution in [0.2, 0.25) is 0 Å². The lowest BCUT2D eigenvalue weighted by molar-refractivity contribution is 0.102. The van der Waals surface area contributed by atoms with Crippen molar-refractivity contribution in [2.75, 3.05) is 5.32 Å². The maximum atomic E-state index is 12.6. The van der Waals surface area contributed by atoms with E-state index in [2.05, 4.69) is 20.5 Å². The van der Waals surface area contributed by atoms with Crippen molar-refractivity contribution in [3.05, 3.63) is 90.8 Å². The van der Waals surface area contributed by atoms with Gasteiger partial charge in [0.25, 0.3) is 5.91 Å². The van der Waals surface area contributed by atoms with Crippen molar-refractivity contribution in [2.45, 2.75) is 6.54 Å². The predicted octanol–water partition coefficient (Wildman–Crippen LogP) is 2.76. The number of nitrogens with one attached hydrogen (secondary N) is 1. The van der Waals surface area contributed by atoms with Crippen LogP contribution in [0.25, 0.3) is 5.69 Å². The van der Waals surface area contributed by atoms with Gasteiger partial charge in [0.15, 0.2) is 0 Å². The number of amides is 1. The molecule has 2 heterocycles. The second-order valence-corrected chi connectivity index (χ2v) is 5.71. The first-order valence-corrected chi connectivity index (χ1v) is 8.11. The van der Waals surface area contributed by atoms with Crippen LogP contribution >= 0.6 is 0 Å². The van der Waals surface area contributed by atoms with Crippen molar-refractivity contribution < 1.29 is 4.79 Å². The second kappa shape index (κ2) is 7.02. The minimum Gasteiger partial charge on any atom is -0.320 e. The van der Waals surface area contributed by atoms with Gasteiger partial charge in [-0.05, 0) is 35.9 Å². The first-order chi connectivity index (χ1) is 12.8. The van der Waals surface area contributed by atoms with E-state index in [1.165, 1.54) is 6.33 Å². The molecule has 0 atom stereocenters. The van der Waals surface area contributed by atoms with Crippen molar-refractivity contribution in [3.8, 4) is 5.69 Å². The number of carbonyl (C=O) groups excluding carboxylic acids is 1. The predicted molar refractivity (Wildman–Crippen MR) is 97.1 cm³/mol. The number of benzene rings is 2. The van der Waals surface area contributed by atoms with Gasteiger partial charge in [-0.3, -0.25) is 9.48 Å². The van der Waals surface area contributed by atoms with Crippen LogP contribution in [-0.4, -0.2) is 30.5 Å². The SMILES string of the molecule is O=C(Nc1ccccc1-n1cncn1)c1ccc(Cn2cccn2)cc1. The third kappa shape index (κ3) is 3.36. The molecule has 0 bridgehead atoms. The summed E-state index contributed by atoms with van der Waals surface area (Å²) in [5.41, 5.74) is 3.09. The van der Waals surface area contributed by atoms with Crippen LogP contribution in [-0.2, 0) is 6.54 Å². The highest BCUT2D eigenvalue weighted by Crippen LogP contribution is 2.19. The zero-order valence-corrected chi connectivity index (χ0v) is 13.9. The molecule has 0 aliphatic heterocycles. The molecule has 0 spiro atoms. The zero-order valence-electron chi connectivity index (χ0n) is 13.9. The Morgan fingerprint density at radius 3 is 2.58 bits per heavy atom. The summed E-state index contributed by atoms with van der Waals surface area (Å²) in [4.78, 5) is 16.5. The fourth-order valence-electron chi connectivity index (χ4n) is 2.65. The smallest absolute Gasteiger partial charge is 0.255 e. The normalized spacial score (nSPS) is 10.6. The van der Waals surface area contributed by atoms with E-state index in [4.69, 9.17) is 0 Å². The minimum atomic E-state index is -0.178. The molecule has 128 valence electrons. The highest BCUT2D eigenvalue weighted by molar-refractivity contribution is 6.05. The molecule has 0 fully saturated rings. The molecule has 0 radical (unpaired) electrons. The lowest BCUT2D eigenvalue weighted by atomic mass is 10.1. The maximum Gasteiger partial charge on any atom is 0.255 e. The van der Waals surface area contributed by atoms with E-state index in [0.717, 1.165) is 11.3 Å². The molecular formula is C19H16N6O. The summed E-state index contributed by atoms with van der Waals surface area (Å²) in [6.07, 6.45) is 6.70. The average molecular weight is 344 g/mol. The Bertz CT molecular complexity index is 991. The summed E-state index contributed by atoms with van der Waals surface area (Å²) >= 11 is 0. The van der Waals surface area contributed by atoms with Gasteiger partial charge in [0, 0.05) is 18.0 Å².